The molecule has 3 aromatic carbocycles. The third kappa shape index (κ3) is 8.12. The predicted molar refractivity (Wildman–Crippen MR) is 141 cm³/mol. The van der Waals surface area contributed by atoms with E-state index in [1.165, 1.54) is 0 Å². The van der Waals surface area contributed by atoms with Crippen LogP contribution in [-0.2, 0) is 0 Å². The molecule has 0 heterocycles. The number of rotatable bonds is 10. The molecule has 3 rings (SSSR count). The number of nitrogens with one attached hydrogen (secondary N) is 3. The van der Waals surface area contributed by atoms with Crippen molar-refractivity contribution in [3.05, 3.63) is 90.0 Å². The summed E-state index contributed by atoms with van der Waals surface area (Å²) in [6.07, 6.45) is 0.856. The number of amides is 2. The molecule has 0 aromatic heterocycles. The average molecular weight is 492 g/mol. The minimum absolute atomic E-state index is 0.103. The van der Waals surface area contributed by atoms with Crippen LogP contribution in [0.2, 0.25) is 0 Å². The lowest BCUT2D eigenvalue weighted by atomic mass is 10.1. The number of hydrogen-bond donors (Lipinski definition) is 3. The quantitative estimate of drug-likeness (QED) is 0.279. The van der Waals surface area contributed by atoms with Gasteiger partial charge in [-0.1, -0.05) is 37.3 Å². The van der Waals surface area contributed by atoms with Crippen LogP contribution in [0.3, 0.4) is 0 Å². The minimum Gasteiger partial charge on any atom is -0.490 e. The van der Waals surface area contributed by atoms with Crippen LogP contribution in [0.25, 0.3) is 0 Å². The highest BCUT2D eigenvalue weighted by atomic mass is 32.1. The molecule has 0 aliphatic rings. The van der Waals surface area contributed by atoms with E-state index in [4.69, 9.17) is 21.7 Å². The van der Waals surface area contributed by atoms with E-state index in [-0.39, 0.29) is 23.7 Å². The Bertz CT molecular complexity index is 1140. The third-order valence-electron chi connectivity index (χ3n) is 5.11. The van der Waals surface area contributed by atoms with Crippen LogP contribution in [0.1, 0.15) is 41.0 Å². The summed E-state index contributed by atoms with van der Waals surface area (Å²) in [5.74, 6) is 0.656. The smallest absolute Gasteiger partial charge is 0.261 e. The SMILES string of the molecule is CCC(C)NC(=O)c1ccc(NC(=S)NC(=O)c2ccccc2OCCOc2ccccc2)cc1. The number of anilines is 1. The fourth-order valence-electron chi connectivity index (χ4n) is 3.05. The topological polar surface area (TPSA) is 88.7 Å². The Labute approximate surface area is 210 Å². The zero-order valence-corrected chi connectivity index (χ0v) is 20.6. The van der Waals surface area contributed by atoms with E-state index in [0.717, 1.165) is 12.2 Å². The van der Waals surface area contributed by atoms with Crippen LogP contribution in [0.4, 0.5) is 5.69 Å². The van der Waals surface area contributed by atoms with Gasteiger partial charge in [0.15, 0.2) is 5.11 Å². The number of para-hydroxylation sites is 2. The Morgan fingerprint density at radius 3 is 2.23 bits per heavy atom. The molecule has 0 saturated carbocycles. The number of ether oxygens (including phenoxy) is 2. The first kappa shape index (κ1) is 25.7. The molecule has 0 radical (unpaired) electrons. The monoisotopic (exact) mass is 491 g/mol. The van der Waals surface area contributed by atoms with Crippen molar-refractivity contribution in [3.8, 4) is 11.5 Å². The Morgan fingerprint density at radius 2 is 1.51 bits per heavy atom. The number of benzene rings is 3. The number of hydrogen-bond acceptors (Lipinski definition) is 5. The average Bonchev–Trinajstić information content (AvgIpc) is 2.87. The lowest BCUT2D eigenvalue weighted by Crippen LogP contribution is -2.34. The van der Waals surface area contributed by atoms with Gasteiger partial charge in [-0.15, -0.1) is 0 Å². The summed E-state index contributed by atoms with van der Waals surface area (Å²) in [6.45, 7) is 4.58. The summed E-state index contributed by atoms with van der Waals surface area (Å²) in [7, 11) is 0. The highest BCUT2D eigenvalue weighted by molar-refractivity contribution is 7.80. The molecular formula is C27H29N3O4S. The molecule has 2 amide bonds. The Morgan fingerprint density at radius 1 is 0.857 bits per heavy atom. The van der Waals surface area contributed by atoms with Crippen molar-refractivity contribution < 1.29 is 19.1 Å². The fourth-order valence-corrected chi connectivity index (χ4v) is 3.27. The van der Waals surface area contributed by atoms with Gasteiger partial charge in [-0.2, -0.15) is 0 Å². The molecular weight excluding hydrogens is 462 g/mol. The lowest BCUT2D eigenvalue weighted by Gasteiger charge is -2.14. The molecule has 7 nitrogen and oxygen atoms in total. The van der Waals surface area contributed by atoms with Crippen molar-refractivity contribution in [1.82, 2.24) is 10.6 Å². The van der Waals surface area contributed by atoms with Crippen molar-refractivity contribution in [3.63, 3.8) is 0 Å². The van der Waals surface area contributed by atoms with Crippen molar-refractivity contribution >= 4 is 34.8 Å². The number of carbonyl (C=O) groups is 2. The molecule has 35 heavy (non-hydrogen) atoms. The molecule has 0 aliphatic carbocycles. The van der Waals surface area contributed by atoms with Crippen molar-refractivity contribution in [1.29, 1.82) is 0 Å². The largest absolute Gasteiger partial charge is 0.490 e. The Hall–Kier alpha value is -3.91. The van der Waals surface area contributed by atoms with Gasteiger partial charge < -0.3 is 20.1 Å². The van der Waals surface area contributed by atoms with Crippen LogP contribution in [0, 0.1) is 0 Å². The third-order valence-corrected chi connectivity index (χ3v) is 5.31. The van der Waals surface area contributed by atoms with Gasteiger partial charge in [-0.3, -0.25) is 14.9 Å². The van der Waals surface area contributed by atoms with E-state index < -0.39 is 5.91 Å². The first-order chi connectivity index (χ1) is 17.0. The number of carbonyl (C=O) groups excluding carboxylic acids is 2. The molecule has 0 spiro atoms. The molecule has 0 saturated heterocycles. The molecule has 182 valence electrons. The molecule has 3 aromatic rings. The Kier molecular flexibility index (Phi) is 9.62. The summed E-state index contributed by atoms with van der Waals surface area (Å²) >= 11 is 5.29. The second-order valence-corrected chi connectivity index (χ2v) is 8.18. The molecule has 1 unspecified atom stereocenters. The molecule has 8 heteroatoms. The fraction of sp³-hybridized carbons (Fsp3) is 0.222. The summed E-state index contributed by atoms with van der Waals surface area (Å²) in [6, 6.07) is 23.3. The van der Waals surface area contributed by atoms with Crippen molar-refractivity contribution in [2.75, 3.05) is 18.5 Å². The lowest BCUT2D eigenvalue weighted by molar-refractivity contribution is 0.0937. The van der Waals surface area contributed by atoms with Gasteiger partial charge in [0.05, 0.1) is 5.56 Å². The Balaban J connectivity index is 1.51. The van der Waals surface area contributed by atoms with E-state index in [0.29, 0.717) is 29.2 Å². The summed E-state index contributed by atoms with van der Waals surface area (Å²) in [5, 5.41) is 8.67. The van der Waals surface area contributed by atoms with Crippen LogP contribution in [0.5, 0.6) is 11.5 Å². The van der Waals surface area contributed by atoms with Gasteiger partial charge in [0.1, 0.15) is 24.7 Å². The standard InChI is InChI=1S/C27H29N3O4S/c1-3-19(2)28-25(31)20-13-15-21(16-14-20)29-27(35)30-26(32)23-11-7-8-12-24(23)34-18-17-33-22-9-5-4-6-10-22/h4-16,19H,3,17-18H2,1-2H3,(H,28,31)(H2,29,30,32,35). The van der Waals surface area contributed by atoms with E-state index in [1.807, 2.05) is 44.2 Å². The van der Waals surface area contributed by atoms with E-state index in [1.54, 1.807) is 48.5 Å². The number of thiocarbonyl (C=S) groups is 1. The zero-order valence-electron chi connectivity index (χ0n) is 19.7. The van der Waals surface area contributed by atoms with Crippen molar-refractivity contribution in [2.45, 2.75) is 26.3 Å². The highest BCUT2D eigenvalue weighted by Crippen LogP contribution is 2.18. The zero-order chi connectivity index (χ0) is 25.0. The maximum absolute atomic E-state index is 12.8. The molecule has 0 bridgehead atoms. The van der Waals surface area contributed by atoms with E-state index in [2.05, 4.69) is 16.0 Å². The second kappa shape index (κ2) is 13.1. The maximum Gasteiger partial charge on any atom is 0.261 e. The summed E-state index contributed by atoms with van der Waals surface area (Å²) < 4.78 is 11.4. The van der Waals surface area contributed by atoms with Gasteiger partial charge in [-0.25, -0.2) is 0 Å². The van der Waals surface area contributed by atoms with Crippen molar-refractivity contribution in [2.24, 2.45) is 0 Å². The van der Waals surface area contributed by atoms with Gasteiger partial charge in [0.2, 0.25) is 0 Å². The van der Waals surface area contributed by atoms with Crippen LogP contribution < -0.4 is 25.4 Å². The highest BCUT2D eigenvalue weighted by Gasteiger charge is 2.14. The van der Waals surface area contributed by atoms with Gasteiger partial charge in [-0.05, 0) is 74.1 Å². The first-order valence-electron chi connectivity index (χ1n) is 11.4. The normalized spacial score (nSPS) is 11.1. The molecule has 1 atom stereocenters. The van der Waals surface area contributed by atoms with Gasteiger partial charge in [0, 0.05) is 17.3 Å². The van der Waals surface area contributed by atoms with Crippen LogP contribution in [-0.4, -0.2) is 36.2 Å². The van der Waals surface area contributed by atoms with E-state index >= 15 is 0 Å². The molecule has 0 fully saturated rings. The second-order valence-electron chi connectivity index (χ2n) is 7.77. The van der Waals surface area contributed by atoms with Gasteiger partial charge >= 0.3 is 0 Å². The summed E-state index contributed by atoms with van der Waals surface area (Å²) in [4.78, 5) is 25.0. The predicted octanol–water partition coefficient (Wildman–Crippen LogP) is 4.80. The van der Waals surface area contributed by atoms with Crippen LogP contribution in [0.15, 0.2) is 78.9 Å². The first-order valence-corrected chi connectivity index (χ1v) is 11.8. The molecule has 0 aliphatic heterocycles. The minimum atomic E-state index is -0.397. The maximum atomic E-state index is 12.8. The summed E-state index contributed by atoms with van der Waals surface area (Å²) in [5.41, 5.74) is 1.56. The van der Waals surface area contributed by atoms with Crippen LogP contribution >= 0.6 is 12.2 Å². The molecule has 3 N–H and O–H groups in total. The van der Waals surface area contributed by atoms with E-state index in [9.17, 15) is 9.59 Å². The van der Waals surface area contributed by atoms with Gasteiger partial charge in [0.25, 0.3) is 11.8 Å².